The molecule has 5 rings (SSSR count). The van der Waals surface area contributed by atoms with Crippen molar-refractivity contribution < 1.29 is 14.2 Å². The van der Waals surface area contributed by atoms with Crippen LogP contribution < -0.4 is 19.6 Å². The van der Waals surface area contributed by atoms with Crippen LogP contribution in [0.25, 0.3) is 5.70 Å². The molecule has 6 nitrogen and oxygen atoms in total. The van der Waals surface area contributed by atoms with Crippen LogP contribution in [0.15, 0.2) is 48.5 Å². The number of ether oxygens (including phenoxy) is 3. The van der Waals surface area contributed by atoms with Gasteiger partial charge in [0.2, 0.25) is 0 Å². The first-order valence-electron chi connectivity index (χ1n) is 11.1. The second-order valence-electron chi connectivity index (χ2n) is 8.79. The monoisotopic (exact) mass is 421 g/mol. The van der Waals surface area contributed by atoms with E-state index >= 15 is 0 Å². The lowest BCUT2D eigenvalue weighted by molar-refractivity contribution is -0.162. The number of rotatable bonds is 4. The number of nitrogens with one attached hydrogen (secondary N) is 1. The minimum atomic E-state index is -0.414. The van der Waals surface area contributed by atoms with Crippen LogP contribution in [0, 0.1) is 0 Å². The molecule has 0 aromatic heterocycles. The lowest BCUT2D eigenvalue weighted by Gasteiger charge is -2.52. The Hall–Kier alpha value is -2.70. The molecule has 0 amide bonds. The van der Waals surface area contributed by atoms with Gasteiger partial charge in [-0.1, -0.05) is 12.1 Å². The molecule has 31 heavy (non-hydrogen) atoms. The maximum Gasteiger partial charge on any atom is 0.183 e. The average Bonchev–Trinajstić information content (AvgIpc) is 3.26. The van der Waals surface area contributed by atoms with E-state index in [1.54, 1.807) is 14.2 Å². The fourth-order valence-electron chi connectivity index (χ4n) is 4.99. The smallest absolute Gasteiger partial charge is 0.183 e. The van der Waals surface area contributed by atoms with Crippen LogP contribution in [0.4, 0.5) is 0 Å². The molecule has 2 aromatic rings. The summed E-state index contributed by atoms with van der Waals surface area (Å²) in [5.74, 6) is 2.53. The van der Waals surface area contributed by atoms with Gasteiger partial charge in [0.25, 0.3) is 0 Å². The highest BCUT2D eigenvalue weighted by atomic mass is 16.5. The Bertz CT molecular complexity index is 978. The second kappa shape index (κ2) is 7.77. The molecule has 1 spiro atoms. The molecule has 0 bridgehead atoms. The number of hydrazine groups is 1. The number of piperidine rings is 1. The first kappa shape index (κ1) is 20.2. The van der Waals surface area contributed by atoms with Crippen molar-refractivity contribution in [1.82, 2.24) is 15.3 Å². The van der Waals surface area contributed by atoms with Crippen molar-refractivity contribution in [2.75, 3.05) is 27.3 Å². The number of hydrogen-bond donors (Lipinski definition) is 1. The Morgan fingerprint density at radius 1 is 1.03 bits per heavy atom. The normalized spacial score (nSPS) is 22.4. The highest BCUT2D eigenvalue weighted by Crippen LogP contribution is 2.51. The number of hydrogen-bond acceptors (Lipinski definition) is 6. The number of likely N-dealkylation sites (tertiary alicyclic amines) is 1. The molecular formula is C25H31N3O3. The average molecular weight is 422 g/mol. The molecule has 164 valence electrons. The lowest BCUT2D eigenvalue weighted by Crippen LogP contribution is -2.64. The first-order valence-corrected chi connectivity index (χ1v) is 11.1. The third-order valence-electron chi connectivity index (χ3n) is 6.83. The van der Waals surface area contributed by atoms with Crippen molar-refractivity contribution in [1.29, 1.82) is 0 Å². The lowest BCUT2D eigenvalue weighted by atomic mass is 9.92. The largest absolute Gasteiger partial charge is 0.497 e. The zero-order valence-corrected chi connectivity index (χ0v) is 18.7. The fourth-order valence-corrected chi connectivity index (χ4v) is 4.99. The Labute approximate surface area is 184 Å². The molecule has 0 radical (unpaired) electrons. The highest BCUT2D eigenvalue weighted by Gasteiger charge is 2.52. The first-order chi connectivity index (χ1) is 15.0. The Balaban J connectivity index is 1.54. The zero-order chi connectivity index (χ0) is 21.6. The van der Waals surface area contributed by atoms with E-state index in [-0.39, 0.29) is 6.04 Å². The summed E-state index contributed by atoms with van der Waals surface area (Å²) in [5, 5.41) is 2.33. The van der Waals surface area contributed by atoms with Gasteiger partial charge in [-0.05, 0) is 55.8 Å². The number of methoxy groups -OCH3 is 2. The molecule has 6 heteroatoms. The standard InChI is InChI=1S/C25H31N3O3/c1-17(2)27-14-12-25(13-15-27)28-22(20-6-5-7-23(30-4)24(20)31-25)16-21(26-28)18-8-10-19(29-3)11-9-18/h5-11,16-17,22,26H,12-15H2,1-4H3/t22-/m0/s1. The Morgan fingerprint density at radius 2 is 1.77 bits per heavy atom. The van der Waals surface area contributed by atoms with Gasteiger partial charge in [0.15, 0.2) is 17.2 Å². The van der Waals surface area contributed by atoms with Gasteiger partial charge in [0, 0.05) is 37.5 Å². The van der Waals surface area contributed by atoms with Crippen molar-refractivity contribution in [2.45, 2.75) is 44.5 Å². The topological polar surface area (TPSA) is 46.2 Å². The maximum absolute atomic E-state index is 6.80. The number of nitrogens with zero attached hydrogens (tertiary/aromatic N) is 2. The second-order valence-corrected chi connectivity index (χ2v) is 8.79. The van der Waals surface area contributed by atoms with Crippen LogP contribution in [0.5, 0.6) is 17.2 Å². The molecular weight excluding hydrogens is 390 g/mol. The van der Waals surface area contributed by atoms with Gasteiger partial charge in [-0.2, -0.15) is 5.01 Å². The Kier molecular flexibility index (Phi) is 5.07. The molecule has 1 saturated heterocycles. The Morgan fingerprint density at radius 3 is 2.42 bits per heavy atom. The third kappa shape index (κ3) is 3.34. The summed E-state index contributed by atoms with van der Waals surface area (Å²) in [4.78, 5) is 2.52. The van der Waals surface area contributed by atoms with Crippen LogP contribution in [-0.2, 0) is 0 Å². The number of para-hydroxylation sites is 1. The van der Waals surface area contributed by atoms with E-state index < -0.39 is 5.72 Å². The van der Waals surface area contributed by atoms with Gasteiger partial charge in [0.05, 0.1) is 26.0 Å². The maximum atomic E-state index is 6.80. The van der Waals surface area contributed by atoms with Gasteiger partial charge in [-0.15, -0.1) is 0 Å². The van der Waals surface area contributed by atoms with Crippen molar-refractivity contribution >= 4 is 5.70 Å². The van der Waals surface area contributed by atoms with Gasteiger partial charge >= 0.3 is 0 Å². The van der Waals surface area contributed by atoms with Crippen LogP contribution in [0.1, 0.15) is 43.9 Å². The molecule has 2 aromatic carbocycles. The molecule has 3 aliphatic rings. The van der Waals surface area contributed by atoms with E-state index in [1.807, 2.05) is 24.3 Å². The van der Waals surface area contributed by atoms with Crippen molar-refractivity contribution in [3.05, 3.63) is 59.7 Å². The van der Waals surface area contributed by atoms with Crippen LogP contribution >= 0.6 is 0 Å². The van der Waals surface area contributed by atoms with E-state index in [1.165, 1.54) is 0 Å². The molecule has 3 aliphatic heterocycles. The van der Waals surface area contributed by atoms with E-state index in [0.717, 1.165) is 60.0 Å². The SMILES string of the molecule is COc1ccc(C2=C[C@H]3c4cccc(OC)c4OC4(CCN(C(C)C)CC4)N3N2)cc1. The van der Waals surface area contributed by atoms with Gasteiger partial charge in [-0.25, -0.2) is 0 Å². The van der Waals surface area contributed by atoms with Crippen molar-refractivity contribution in [2.24, 2.45) is 0 Å². The summed E-state index contributed by atoms with van der Waals surface area (Å²) in [6.45, 7) is 6.53. The van der Waals surface area contributed by atoms with Gasteiger partial charge < -0.3 is 24.5 Å². The summed E-state index contributed by atoms with van der Waals surface area (Å²) in [5.41, 5.74) is 6.65. The molecule has 1 atom stereocenters. The molecule has 1 N–H and O–H groups in total. The van der Waals surface area contributed by atoms with Gasteiger partial charge in [-0.3, -0.25) is 0 Å². The fraction of sp³-hybridized carbons (Fsp3) is 0.440. The summed E-state index contributed by atoms with van der Waals surface area (Å²) < 4.78 is 17.8. The van der Waals surface area contributed by atoms with E-state index in [0.29, 0.717) is 6.04 Å². The molecule has 0 aliphatic carbocycles. The molecule has 0 saturated carbocycles. The third-order valence-corrected chi connectivity index (χ3v) is 6.83. The number of fused-ring (bicyclic) bond motifs is 4. The summed E-state index contributed by atoms with van der Waals surface area (Å²) in [6.07, 6.45) is 4.16. The molecule has 1 fully saturated rings. The van der Waals surface area contributed by atoms with Crippen LogP contribution in [0.3, 0.4) is 0 Å². The summed E-state index contributed by atoms with van der Waals surface area (Å²) in [6, 6.07) is 15.0. The van der Waals surface area contributed by atoms with Crippen molar-refractivity contribution in [3.8, 4) is 17.2 Å². The summed E-state index contributed by atoms with van der Waals surface area (Å²) in [7, 11) is 3.40. The zero-order valence-electron chi connectivity index (χ0n) is 18.7. The summed E-state index contributed by atoms with van der Waals surface area (Å²) >= 11 is 0. The predicted molar refractivity (Wildman–Crippen MR) is 121 cm³/mol. The van der Waals surface area contributed by atoms with Gasteiger partial charge in [0.1, 0.15) is 5.75 Å². The molecule has 3 heterocycles. The van der Waals surface area contributed by atoms with E-state index in [2.05, 4.69) is 53.5 Å². The number of benzene rings is 2. The highest BCUT2D eigenvalue weighted by molar-refractivity contribution is 5.68. The quantitative estimate of drug-likeness (QED) is 0.798. The van der Waals surface area contributed by atoms with Crippen LogP contribution in [0.2, 0.25) is 0 Å². The van der Waals surface area contributed by atoms with E-state index in [9.17, 15) is 0 Å². The predicted octanol–water partition coefficient (Wildman–Crippen LogP) is 4.20. The minimum Gasteiger partial charge on any atom is -0.497 e. The van der Waals surface area contributed by atoms with Crippen molar-refractivity contribution in [3.63, 3.8) is 0 Å². The molecule has 0 unspecified atom stereocenters. The van der Waals surface area contributed by atoms with Crippen LogP contribution in [-0.4, -0.2) is 49.0 Å². The minimum absolute atomic E-state index is 0.0848. The van der Waals surface area contributed by atoms with E-state index in [4.69, 9.17) is 14.2 Å².